The number of hydrogen-bond acceptors (Lipinski definition) is 5. The molecule has 3 nitrogen and oxygen atoms in total. The fourth-order valence-electron chi connectivity index (χ4n) is 1.32. The second kappa shape index (κ2) is 4.92. The molecule has 5 heteroatoms. The van der Waals surface area contributed by atoms with E-state index in [-0.39, 0.29) is 0 Å². The van der Waals surface area contributed by atoms with Gasteiger partial charge >= 0.3 is 0 Å². The van der Waals surface area contributed by atoms with E-state index < -0.39 is 0 Å². The van der Waals surface area contributed by atoms with Crippen LogP contribution >= 0.6 is 23.1 Å². The minimum Gasteiger partial charge on any atom is -0.330 e. The largest absolute Gasteiger partial charge is 0.330 e. The molecule has 15 heavy (non-hydrogen) atoms. The highest BCUT2D eigenvalue weighted by Crippen LogP contribution is 2.30. The number of aromatic nitrogens is 2. The van der Waals surface area contributed by atoms with Crippen molar-refractivity contribution in [3.8, 4) is 0 Å². The van der Waals surface area contributed by atoms with Crippen molar-refractivity contribution < 1.29 is 0 Å². The van der Waals surface area contributed by atoms with Gasteiger partial charge in [-0.25, -0.2) is 9.97 Å². The van der Waals surface area contributed by atoms with Crippen LogP contribution in [-0.2, 0) is 0 Å². The zero-order valence-corrected chi connectivity index (χ0v) is 10.2. The van der Waals surface area contributed by atoms with Crippen molar-refractivity contribution in [3.05, 3.63) is 17.3 Å². The summed E-state index contributed by atoms with van der Waals surface area (Å²) in [6, 6.07) is 2.16. The molecule has 2 N–H and O–H groups in total. The second-order valence-corrected chi connectivity index (χ2v) is 5.56. The lowest BCUT2D eigenvalue weighted by Gasteiger charge is -1.99. The van der Waals surface area contributed by atoms with Gasteiger partial charge in [0, 0.05) is 16.0 Å². The summed E-state index contributed by atoms with van der Waals surface area (Å²) >= 11 is 3.48. The number of thioether (sulfide) groups is 1. The second-order valence-electron chi connectivity index (χ2n) is 3.25. The Balaban J connectivity index is 2.25. The first-order valence-electron chi connectivity index (χ1n) is 4.85. The van der Waals surface area contributed by atoms with Crippen LogP contribution in [0.2, 0.25) is 0 Å². The van der Waals surface area contributed by atoms with Crippen LogP contribution < -0.4 is 5.73 Å². The number of aryl methyl sites for hydroxylation is 1. The number of nitrogens with zero attached hydrogens (tertiary/aromatic N) is 2. The highest BCUT2D eigenvalue weighted by atomic mass is 32.2. The van der Waals surface area contributed by atoms with Gasteiger partial charge in [-0.05, 0) is 26.0 Å². The Hall–Kier alpha value is -0.650. The summed E-state index contributed by atoms with van der Waals surface area (Å²) < 4.78 is 0. The zero-order chi connectivity index (χ0) is 10.7. The van der Waals surface area contributed by atoms with E-state index in [4.69, 9.17) is 5.73 Å². The fourth-order valence-corrected chi connectivity index (χ4v) is 3.17. The molecule has 2 aromatic rings. The molecule has 80 valence electrons. The van der Waals surface area contributed by atoms with E-state index in [2.05, 4.69) is 23.0 Å². The summed E-state index contributed by atoms with van der Waals surface area (Å²) in [5, 5.41) is 2.26. The van der Waals surface area contributed by atoms with Gasteiger partial charge in [0.25, 0.3) is 0 Å². The number of rotatable bonds is 4. The number of hydrogen-bond donors (Lipinski definition) is 1. The molecule has 0 aromatic carbocycles. The molecule has 0 atom stereocenters. The molecule has 0 aliphatic rings. The monoisotopic (exact) mass is 239 g/mol. The molecule has 2 aromatic heterocycles. The van der Waals surface area contributed by atoms with Crippen LogP contribution in [0.5, 0.6) is 0 Å². The van der Waals surface area contributed by atoms with E-state index in [0.29, 0.717) is 0 Å². The predicted molar refractivity (Wildman–Crippen MR) is 66.5 cm³/mol. The van der Waals surface area contributed by atoms with Gasteiger partial charge in [-0.2, -0.15) is 0 Å². The first kappa shape index (κ1) is 10.9. The lowest BCUT2D eigenvalue weighted by Crippen LogP contribution is -1.99. The SMILES string of the molecule is Cc1cc2c(SCCCN)ncnc2s1. The van der Waals surface area contributed by atoms with Gasteiger partial charge < -0.3 is 5.73 Å². The van der Waals surface area contributed by atoms with E-state index in [1.54, 1.807) is 29.4 Å². The first-order chi connectivity index (χ1) is 7.31. The summed E-state index contributed by atoms with van der Waals surface area (Å²) in [5.74, 6) is 1.03. The maximum Gasteiger partial charge on any atom is 0.128 e. The molecule has 0 spiro atoms. The summed E-state index contributed by atoms with van der Waals surface area (Å²) in [6.07, 6.45) is 2.67. The quantitative estimate of drug-likeness (QED) is 0.506. The van der Waals surface area contributed by atoms with E-state index in [1.807, 2.05) is 0 Å². The zero-order valence-electron chi connectivity index (χ0n) is 8.56. The molecule has 0 aliphatic carbocycles. The molecule has 0 saturated heterocycles. The average Bonchev–Trinajstić information content (AvgIpc) is 2.59. The first-order valence-corrected chi connectivity index (χ1v) is 6.65. The number of fused-ring (bicyclic) bond motifs is 1. The maximum absolute atomic E-state index is 5.47. The van der Waals surface area contributed by atoms with Gasteiger partial charge in [0.15, 0.2) is 0 Å². The Morgan fingerprint density at radius 2 is 2.33 bits per heavy atom. The van der Waals surface area contributed by atoms with Crippen LogP contribution in [0.1, 0.15) is 11.3 Å². The van der Waals surface area contributed by atoms with Gasteiger partial charge in [0.2, 0.25) is 0 Å². The highest BCUT2D eigenvalue weighted by molar-refractivity contribution is 7.99. The van der Waals surface area contributed by atoms with Crippen molar-refractivity contribution in [1.29, 1.82) is 0 Å². The normalized spacial score (nSPS) is 11.1. The van der Waals surface area contributed by atoms with Gasteiger partial charge in [0.1, 0.15) is 16.2 Å². The van der Waals surface area contributed by atoms with Gasteiger partial charge in [0.05, 0.1) is 0 Å². The number of nitrogens with two attached hydrogens (primary N) is 1. The smallest absolute Gasteiger partial charge is 0.128 e. The average molecular weight is 239 g/mol. The molecular weight excluding hydrogens is 226 g/mol. The molecule has 0 amide bonds. The third-order valence-electron chi connectivity index (χ3n) is 2.00. The summed E-state index contributed by atoms with van der Waals surface area (Å²) in [5.41, 5.74) is 5.47. The van der Waals surface area contributed by atoms with E-state index in [1.165, 1.54) is 10.3 Å². The molecule has 0 radical (unpaired) electrons. The molecule has 0 bridgehead atoms. The molecule has 2 rings (SSSR count). The van der Waals surface area contributed by atoms with Crippen molar-refractivity contribution in [3.63, 3.8) is 0 Å². The van der Waals surface area contributed by atoms with Crippen molar-refractivity contribution in [1.82, 2.24) is 9.97 Å². The van der Waals surface area contributed by atoms with Crippen molar-refractivity contribution in [2.75, 3.05) is 12.3 Å². The Morgan fingerprint density at radius 3 is 3.13 bits per heavy atom. The third-order valence-corrected chi connectivity index (χ3v) is 4.05. The predicted octanol–water partition coefficient (Wildman–Crippen LogP) is 2.44. The third kappa shape index (κ3) is 2.48. The van der Waals surface area contributed by atoms with E-state index in [9.17, 15) is 0 Å². The van der Waals surface area contributed by atoms with Gasteiger partial charge in [-0.3, -0.25) is 0 Å². The van der Waals surface area contributed by atoms with Crippen LogP contribution in [0.15, 0.2) is 17.4 Å². The van der Waals surface area contributed by atoms with Crippen LogP contribution in [0.4, 0.5) is 0 Å². The number of thiophene rings is 1. The Labute approximate surface area is 97.1 Å². The standard InChI is InChI=1S/C10H13N3S2/c1-7-5-8-9(14-4-2-3-11)12-6-13-10(8)15-7/h5-6H,2-4,11H2,1H3. The van der Waals surface area contributed by atoms with E-state index in [0.717, 1.165) is 28.6 Å². The lowest BCUT2D eigenvalue weighted by molar-refractivity contribution is 0.941. The van der Waals surface area contributed by atoms with Crippen LogP contribution in [-0.4, -0.2) is 22.3 Å². The lowest BCUT2D eigenvalue weighted by atomic mass is 10.4. The maximum atomic E-state index is 5.47. The highest BCUT2D eigenvalue weighted by Gasteiger charge is 2.06. The van der Waals surface area contributed by atoms with Crippen molar-refractivity contribution in [2.24, 2.45) is 5.73 Å². The van der Waals surface area contributed by atoms with E-state index >= 15 is 0 Å². The summed E-state index contributed by atoms with van der Waals surface area (Å²) in [7, 11) is 0. The van der Waals surface area contributed by atoms with Gasteiger partial charge in [-0.15, -0.1) is 23.1 Å². The molecular formula is C10H13N3S2. The Morgan fingerprint density at radius 1 is 1.47 bits per heavy atom. The minimum atomic E-state index is 0.740. The topological polar surface area (TPSA) is 51.8 Å². The van der Waals surface area contributed by atoms with Crippen LogP contribution in [0.3, 0.4) is 0 Å². The molecule has 2 heterocycles. The molecule has 0 unspecified atom stereocenters. The van der Waals surface area contributed by atoms with Crippen molar-refractivity contribution >= 4 is 33.3 Å². The summed E-state index contributed by atoms with van der Waals surface area (Å²) in [4.78, 5) is 10.9. The van der Waals surface area contributed by atoms with Crippen LogP contribution in [0, 0.1) is 6.92 Å². The van der Waals surface area contributed by atoms with Gasteiger partial charge in [-0.1, -0.05) is 0 Å². The van der Waals surface area contributed by atoms with Crippen LogP contribution in [0.25, 0.3) is 10.2 Å². The molecule has 0 saturated carbocycles. The minimum absolute atomic E-state index is 0.740. The fraction of sp³-hybridized carbons (Fsp3) is 0.400. The molecule has 0 aliphatic heterocycles. The Bertz CT molecular complexity index is 453. The summed E-state index contributed by atoms with van der Waals surface area (Å²) in [6.45, 7) is 2.84. The molecule has 0 fully saturated rings. The Kier molecular flexibility index (Phi) is 3.56. The van der Waals surface area contributed by atoms with Crippen molar-refractivity contribution in [2.45, 2.75) is 18.4 Å².